The number of benzene rings is 3. The van der Waals surface area contributed by atoms with Crippen LogP contribution in [-0.2, 0) is 4.74 Å². The monoisotopic (exact) mass is 328 g/mol. The maximum Gasteiger partial charge on any atom is 0.338 e. The second-order valence-electron chi connectivity index (χ2n) is 5.63. The van der Waals surface area contributed by atoms with Gasteiger partial charge in [0.25, 0.3) is 0 Å². The summed E-state index contributed by atoms with van der Waals surface area (Å²) in [6, 6.07) is 28.1. The van der Waals surface area contributed by atoms with E-state index < -0.39 is 0 Å². The number of hydrogen-bond donors (Lipinski definition) is 0. The molecule has 2 heteroatoms. The van der Waals surface area contributed by atoms with Gasteiger partial charge in [0, 0.05) is 0 Å². The first-order valence-corrected chi connectivity index (χ1v) is 8.37. The SMILES string of the molecule is CCOC(=O)c1ccc(C=C(c2ccccc2)c2ccccc2)cc1. The predicted octanol–water partition coefficient (Wildman–Crippen LogP) is 5.45. The van der Waals surface area contributed by atoms with Crippen molar-refractivity contribution in [3.63, 3.8) is 0 Å². The van der Waals surface area contributed by atoms with Crippen LogP contribution in [0.3, 0.4) is 0 Å². The Bertz CT molecular complexity index is 806. The van der Waals surface area contributed by atoms with E-state index in [9.17, 15) is 4.79 Å². The molecular weight excluding hydrogens is 308 g/mol. The number of esters is 1. The van der Waals surface area contributed by atoms with Crippen molar-refractivity contribution in [3.8, 4) is 0 Å². The van der Waals surface area contributed by atoms with Gasteiger partial charge in [0.2, 0.25) is 0 Å². The highest BCUT2D eigenvalue weighted by molar-refractivity contribution is 5.93. The summed E-state index contributed by atoms with van der Waals surface area (Å²) in [5, 5.41) is 0. The molecule has 0 unspecified atom stereocenters. The topological polar surface area (TPSA) is 26.3 Å². The van der Waals surface area contributed by atoms with E-state index in [-0.39, 0.29) is 5.97 Å². The van der Waals surface area contributed by atoms with Gasteiger partial charge in [0.15, 0.2) is 0 Å². The Morgan fingerprint density at radius 1 is 0.760 bits per heavy atom. The summed E-state index contributed by atoms with van der Waals surface area (Å²) in [4.78, 5) is 11.8. The molecule has 0 bridgehead atoms. The Balaban J connectivity index is 1.98. The summed E-state index contributed by atoms with van der Waals surface area (Å²) in [5.41, 5.74) is 5.06. The van der Waals surface area contributed by atoms with Crippen LogP contribution in [0.4, 0.5) is 0 Å². The maximum absolute atomic E-state index is 11.8. The van der Waals surface area contributed by atoms with Gasteiger partial charge in [0.1, 0.15) is 0 Å². The molecule has 0 atom stereocenters. The lowest BCUT2D eigenvalue weighted by Gasteiger charge is -2.09. The first-order valence-electron chi connectivity index (χ1n) is 8.37. The van der Waals surface area contributed by atoms with Gasteiger partial charge in [-0.1, -0.05) is 72.8 Å². The molecule has 3 aromatic carbocycles. The molecule has 0 radical (unpaired) electrons. The van der Waals surface area contributed by atoms with Crippen LogP contribution in [0.15, 0.2) is 84.9 Å². The minimum atomic E-state index is -0.288. The number of hydrogen-bond acceptors (Lipinski definition) is 2. The molecule has 2 nitrogen and oxygen atoms in total. The van der Waals surface area contributed by atoms with Gasteiger partial charge in [-0.3, -0.25) is 0 Å². The summed E-state index contributed by atoms with van der Waals surface area (Å²) in [7, 11) is 0. The quantitative estimate of drug-likeness (QED) is 0.460. The van der Waals surface area contributed by atoms with Gasteiger partial charge < -0.3 is 4.74 Å². The van der Waals surface area contributed by atoms with E-state index in [0.29, 0.717) is 12.2 Å². The minimum Gasteiger partial charge on any atom is -0.462 e. The molecule has 0 aromatic heterocycles. The fourth-order valence-corrected chi connectivity index (χ4v) is 2.67. The van der Waals surface area contributed by atoms with Crippen LogP contribution in [0.1, 0.15) is 34.0 Å². The van der Waals surface area contributed by atoms with Crippen LogP contribution < -0.4 is 0 Å². The van der Waals surface area contributed by atoms with Gasteiger partial charge >= 0.3 is 5.97 Å². The van der Waals surface area contributed by atoms with Crippen molar-refractivity contribution in [2.75, 3.05) is 6.61 Å². The third-order valence-corrected chi connectivity index (χ3v) is 3.90. The van der Waals surface area contributed by atoms with Crippen LogP contribution >= 0.6 is 0 Å². The number of rotatable bonds is 5. The van der Waals surface area contributed by atoms with Crippen LogP contribution in [-0.4, -0.2) is 12.6 Å². The molecule has 0 saturated carbocycles. The van der Waals surface area contributed by atoms with Crippen LogP contribution in [0.25, 0.3) is 11.6 Å². The average molecular weight is 328 g/mol. The highest BCUT2D eigenvalue weighted by Crippen LogP contribution is 2.26. The van der Waals surface area contributed by atoms with Crippen molar-refractivity contribution in [2.24, 2.45) is 0 Å². The summed E-state index contributed by atoms with van der Waals surface area (Å²) in [6.45, 7) is 2.19. The molecule has 0 aliphatic rings. The molecule has 0 spiro atoms. The molecular formula is C23H20O2. The van der Waals surface area contributed by atoms with E-state index in [1.165, 1.54) is 0 Å². The minimum absolute atomic E-state index is 0.288. The molecule has 0 fully saturated rings. The number of ether oxygens (including phenoxy) is 1. The van der Waals surface area contributed by atoms with Crippen molar-refractivity contribution in [1.29, 1.82) is 0 Å². The van der Waals surface area contributed by atoms with Crippen molar-refractivity contribution in [3.05, 3.63) is 107 Å². The smallest absolute Gasteiger partial charge is 0.338 e. The second kappa shape index (κ2) is 8.11. The van der Waals surface area contributed by atoms with Crippen molar-refractivity contribution >= 4 is 17.6 Å². The average Bonchev–Trinajstić information content (AvgIpc) is 2.68. The first kappa shape index (κ1) is 16.7. The maximum atomic E-state index is 11.8. The lowest BCUT2D eigenvalue weighted by atomic mass is 9.95. The normalized spacial score (nSPS) is 10.1. The van der Waals surface area contributed by atoms with Crippen molar-refractivity contribution < 1.29 is 9.53 Å². The van der Waals surface area contributed by atoms with Crippen molar-refractivity contribution in [2.45, 2.75) is 6.92 Å². The van der Waals surface area contributed by atoms with E-state index in [2.05, 4.69) is 30.3 Å². The number of carbonyl (C=O) groups is 1. The van der Waals surface area contributed by atoms with Gasteiger partial charge in [-0.25, -0.2) is 4.79 Å². The van der Waals surface area contributed by atoms with Crippen LogP contribution in [0, 0.1) is 0 Å². The molecule has 3 aromatic rings. The van der Waals surface area contributed by atoms with E-state index >= 15 is 0 Å². The van der Waals surface area contributed by atoms with Gasteiger partial charge in [-0.15, -0.1) is 0 Å². The summed E-state index contributed by atoms with van der Waals surface area (Å²) < 4.78 is 5.03. The lowest BCUT2D eigenvalue weighted by Crippen LogP contribution is -2.04. The molecule has 0 saturated heterocycles. The van der Waals surface area contributed by atoms with Crippen molar-refractivity contribution in [1.82, 2.24) is 0 Å². The summed E-state index contributed by atoms with van der Waals surface area (Å²) >= 11 is 0. The summed E-state index contributed by atoms with van der Waals surface area (Å²) in [5.74, 6) is -0.288. The largest absolute Gasteiger partial charge is 0.462 e. The Kier molecular flexibility index (Phi) is 5.43. The Morgan fingerprint density at radius 3 is 1.76 bits per heavy atom. The molecule has 0 heterocycles. The third-order valence-electron chi connectivity index (χ3n) is 3.90. The van der Waals surface area contributed by atoms with Gasteiger partial charge in [0.05, 0.1) is 12.2 Å². The molecule has 3 rings (SSSR count). The van der Waals surface area contributed by atoms with Crippen LogP contribution in [0.5, 0.6) is 0 Å². The summed E-state index contributed by atoms with van der Waals surface area (Å²) in [6.07, 6.45) is 2.14. The first-order chi connectivity index (χ1) is 12.3. The fraction of sp³-hybridized carbons (Fsp3) is 0.0870. The van der Waals surface area contributed by atoms with E-state index in [4.69, 9.17) is 4.74 Å². The Hall–Kier alpha value is -3.13. The molecule has 124 valence electrons. The zero-order chi connectivity index (χ0) is 17.5. The molecule has 25 heavy (non-hydrogen) atoms. The second-order valence-corrected chi connectivity index (χ2v) is 5.63. The zero-order valence-electron chi connectivity index (χ0n) is 14.2. The van der Waals surface area contributed by atoms with E-state index in [0.717, 1.165) is 22.3 Å². The molecule has 0 amide bonds. The highest BCUT2D eigenvalue weighted by atomic mass is 16.5. The molecule has 0 aliphatic heterocycles. The third kappa shape index (κ3) is 4.24. The molecule has 0 aliphatic carbocycles. The van der Waals surface area contributed by atoms with E-state index in [1.807, 2.05) is 48.5 Å². The van der Waals surface area contributed by atoms with Gasteiger partial charge in [-0.2, -0.15) is 0 Å². The predicted molar refractivity (Wildman–Crippen MR) is 102 cm³/mol. The fourth-order valence-electron chi connectivity index (χ4n) is 2.67. The zero-order valence-corrected chi connectivity index (χ0v) is 14.2. The van der Waals surface area contributed by atoms with E-state index in [1.54, 1.807) is 19.1 Å². The molecule has 0 N–H and O–H groups in total. The number of carbonyl (C=O) groups excluding carboxylic acids is 1. The Morgan fingerprint density at radius 2 is 1.28 bits per heavy atom. The Labute approximate surface area is 148 Å². The van der Waals surface area contributed by atoms with Gasteiger partial charge in [-0.05, 0) is 47.4 Å². The standard InChI is InChI=1S/C23H20O2/c1-2-25-23(24)21-15-13-18(14-16-21)17-22(19-9-5-3-6-10-19)20-11-7-4-8-12-20/h3-17H,2H2,1H3. The highest BCUT2D eigenvalue weighted by Gasteiger charge is 2.07. The van der Waals surface area contributed by atoms with Crippen LogP contribution in [0.2, 0.25) is 0 Å². The lowest BCUT2D eigenvalue weighted by molar-refractivity contribution is 0.0526.